The minimum absolute atomic E-state index is 0. The van der Waals surface area contributed by atoms with Crippen LogP contribution in [0.2, 0.25) is 0 Å². The number of anilines is 1. The van der Waals surface area contributed by atoms with Crippen LogP contribution in [-0.4, -0.2) is 18.8 Å². The number of carbonyl (C=O) groups is 2. The van der Waals surface area contributed by atoms with Gasteiger partial charge in [-0.05, 0) is 0 Å². The van der Waals surface area contributed by atoms with Gasteiger partial charge in [0.1, 0.15) is 0 Å². The molecule has 0 heterocycles. The van der Waals surface area contributed by atoms with Crippen LogP contribution in [0.4, 0.5) is 18.6 Å². The Balaban J connectivity index is 0.00000289. The summed E-state index contributed by atoms with van der Waals surface area (Å²) >= 11 is 0. The molecule has 0 unspecified atom stereocenters. The van der Waals surface area contributed by atoms with E-state index >= 15 is 0 Å². The Morgan fingerprint density at radius 3 is 2.22 bits per heavy atom. The van der Waals surface area contributed by atoms with Gasteiger partial charge in [0, 0.05) is 6.92 Å². The van der Waals surface area contributed by atoms with Crippen LogP contribution in [0.15, 0.2) is 18.2 Å². The first-order chi connectivity index (χ1) is 7.71. The van der Waals surface area contributed by atoms with Gasteiger partial charge < -0.3 is 24.0 Å². The molecule has 0 fully saturated rings. The zero-order chi connectivity index (χ0) is 13.2. The molecule has 0 aliphatic heterocycles. The minimum Gasteiger partial charge on any atom is -0.445 e. The second-order valence-corrected chi connectivity index (χ2v) is 3.43. The zero-order valence-electron chi connectivity index (χ0n) is 9.84. The molecule has 0 saturated heterocycles. The molecular formula is C9H9BF3KN2O2. The third kappa shape index (κ3) is 4.73. The number of nitrogens with one attached hydrogen (secondary N) is 1. The summed E-state index contributed by atoms with van der Waals surface area (Å²) in [5.41, 5.74) is 3.68. The van der Waals surface area contributed by atoms with Crippen molar-refractivity contribution in [1.82, 2.24) is 0 Å². The summed E-state index contributed by atoms with van der Waals surface area (Å²) < 4.78 is 37.4. The van der Waals surface area contributed by atoms with Gasteiger partial charge in [-0.1, -0.05) is 18.2 Å². The number of benzene rings is 1. The Hall–Kier alpha value is -0.349. The number of hydrogen-bond donors (Lipinski definition) is 2. The van der Waals surface area contributed by atoms with Crippen LogP contribution >= 0.6 is 0 Å². The van der Waals surface area contributed by atoms with Gasteiger partial charge in [0.15, 0.2) is 0 Å². The quantitative estimate of drug-likeness (QED) is 0.618. The van der Waals surface area contributed by atoms with Gasteiger partial charge in [-0.2, -0.15) is 0 Å². The van der Waals surface area contributed by atoms with Gasteiger partial charge in [-0.3, -0.25) is 9.59 Å². The second kappa shape index (κ2) is 6.71. The largest absolute Gasteiger partial charge is 1.00 e. The number of carbonyl (C=O) groups excluding carboxylic acids is 2. The van der Waals surface area contributed by atoms with Crippen molar-refractivity contribution in [2.45, 2.75) is 6.92 Å². The Morgan fingerprint density at radius 2 is 1.83 bits per heavy atom. The van der Waals surface area contributed by atoms with Crippen molar-refractivity contribution in [1.29, 1.82) is 0 Å². The van der Waals surface area contributed by atoms with Gasteiger partial charge in [0.2, 0.25) is 5.91 Å². The van der Waals surface area contributed by atoms with Crippen molar-refractivity contribution < 1.29 is 73.9 Å². The molecule has 4 nitrogen and oxygen atoms in total. The van der Waals surface area contributed by atoms with Crippen LogP contribution in [-0.2, 0) is 4.79 Å². The normalized spacial score (nSPS) is 10.4. The van der Waals surface area contributed by atoms with Crippen molar-refractivity contribution in [2.24, 2.45) is 5.73 Å². The van der Waals surface area contributed by atoms with E-state index in [9.17, 15) is 22.5 Å². The van der Waals surface area contributed by atoms with E-state index in [2.05, 4.69) is 5.32 Å². The number of rotatable bonds is 3. The van der Waals surface area contributed by atoms with Gasteiger partial charge in [0.25, 0.3) is 5.91 Å². The molecule has 0 spiro atoms. The van der Waals surface area contributed by atoms with E-state index in [1.165, 1.54) is 0 Å². The third-order valence-electron chi connectivity index (χ3n) is 2.00. The Kier molecular flexibility index (Phi) is 6.58. The molecule has 0 aliphatic carbocycles. The van der Waals surface area contributed by atoms with E-state index in [1.54, 1.807) is 0 Å². The fourth-order valence-corrected chi connectivity index (χ4v) is 1.27. The van der Waals surface area contributed by atoms with E-state index in [0.717, 1.165) is 19.1 Å². The second-order valence-electron chi connectivity index (χ2n) is 3.43. The average Bonchev–Trinajstić information content (AvgIpc) is 2.14. The Morgan fingerprint density at radius 1 is 1.28 bits per heavy atom. The van der Waals surface area contributed by atoms with Gasteiger partial charge in [0.05, 0.1) is 11.3 Å². The number of amides is 2. The van der Waals surface area contributed by atoms with E-state index in [0.29, 0.717) is 6.07 Å². The monoisotopic (exact) mass is 284 g/mol. The summed E-state index contributed by atoms with van der Waals surface area (Å²) in [4.78, 5) is 21.8. The van der Waals surface area contributed by atoms with Crippen molar-refractivity contribution in [2.75, 3.05) is 5.32 Å². The van der Waals surface area contributed by atoms with Gasteiger partial charge in [-0.15, -0.1) is 5.46 Å². The van der Waals surface area contributed by atoms with Crippen LogP contribution < -0.4 is 67.9 Å². The first-order valence-corrected chi connectivity index (χ1v) is 4.63. The van der Waals surface area contributed by atoms with E-state index in [-0.39, 0.29) is 62.6 Å². The predicted molar refractivity (Wildman–Crippen MR) is 58.0 cm³/mol. The summed E-state index contributed by atoms with van der Waals surface area (Å²) in [6.07, 6.45) is 0. The van der Waals surface area contributed by atoms with Crippen LogP contribution in [0.3, 0.4) is 0 Å². The Bertz CT molecular complexity index is 479. The summed E-state index contributed by atoms with van der Waals surface area (Å²) in [7, 11) is 0. The van der Waals surface area contributed by atoms with Crippen LogP contribution in [0.25, 0.3) is 0 Å². The fourth-order valence-electron chi connectivity index (χ4n) is 1.27. The summed E-state index contributed by atoms with van der Waals surface area (Å²) in [5, 5.41) is 2.14. The average molecular weight is 284 g/mol. The standard InChI is InChI=1S/C9H9BF3N2O2.K/c1-5(16)15-8-4-6(10(11,12)13)2-3-7(8)9(14)17;/h2-4H,1H3,(H2,14,17)(H,15,16);/q-1;+1. The molecule has 0 saturated carbocycles. The summed E-state index contributed by atoms with van der Waals surface area (Å²) in [6, 6.07) is 2.39. The van der Waals surface area contributed by atoms with Gasteiger partial charge >= 0.3 is 58.4 Å². The van der Waals surface area contributed by atoms with Crippen LogP contribution in [0, 0.1) is 0 Å². The zero-order valence-corrected chi connectivity index (χ0v) is 13.0. The molecule has 0 aliphatic rings. The van der Waals surface area contributed by atoms with E-state index in [4.69, 9.17) is 5.73 Å². The minimum atomic E-state index is -5.19. The molecule has 1 aromatic carbocycles. The molecule has 1 rings (SSSR count). The number of nitrogens with two attached hydrogens (primary N) is 1. The molecule has 9 heteroatoms. The molecule has 18 heavy (non-hydrogen) atoms. The van der Waals surface area contributed by atoms with E-state index in [1.807, 2.05) is 0 Å². The smallest absolute Gasteiger partial charge is 0.445 e. The molecule has 0 bridgehead atoms. The molecule has 2 amide bonds. The number of hydrogen-bond acceptors (Lipinski definition) is 2. The molecule has 92 valence electrons. The molecule has 0 radical (unpaired) electrons. The maximum absolute atomic E-state index is 12.5. The summed E-state index contributed by atoms with van der Waals surface area (Å²) in [6.45, 7) is -4.07. The van der Waals surface area contributed by atoms with Crippen molar-refractivity contribution >= 4 is 29.9 Å². The number of primary amides is 1. The van der Waals surface area contributed by atoms with Crippen molar-refractivity contribution in [3.8, 4) is 0 Å². The summed E-state index contributed by atoms with van der Waals surface area (Å²) in [5.74, 6) is -1.49. The Labute approximate surface area is 144 Å². The third-order valence-corrected chi connectivity index (χ3v) is 2.00. The van der Waals surface area contributed by atoms with Crippen LogP contribution in [0.5, 0.6) is 0 Å². The molecule has 0 aromatic heterocycles. The number of halogens is 3. The van der Waals surface area contributed by atoms with E-state index < -0.39 is 24.3 Å². The van der Waals surface area contributed by atoms with Crippen molar-refractivity contribution in [3.05, 3.63) is 23.8 Å². The van der Waals surface area contributed by atoms with Gasteiger partial charge in [-0.25, -0.2) is 0 Å². The maximum atomic E-state index is 12.5. The SMILES string of the molecule is CC(=O)Nc1cc([B-](F)(F)F)ccc1C(N)=O.[K+]. The predicted octanol–water partition coefficient (Wildman–Crippen LogP) is -2.20. The molecule has 1 aromatic rings. The first-order valence-electron chi connectivity index (χ1n) is 4.63. The molecule has 0 atom stereocenters. The molecule has 3 N–H and O–H groups in total. The van der Waals surface area contributed by atoms with Crippen molar-refractivity contribution in [3.63, 3.8) is 0 Å². The first kappa shape index (κ1) is 17.7. The van der Waals surface area contributed by atoms with Crippen LogP contribution in [0.1, 0.15) is 17.3 Å². The molecular weight excluding hydrogens is 275 g/mol. The topological polar surface area (TPSA) is 72.2 Å². The fraction of sp³-hybridized carbons (Fsp3) is 0.111. The maximum Gasteiger partial charge on any atom is 1.00 e.